The Morgan fingerprint density at radius 2 is 1.35 bits per heavy atom. The summed E-state index contributed by atoms with van der Waals surface area (Å²) in [5.41, 5.74) is -1.73. The summed E-state index contributed by atoms with van der Waals surface area (Å²) in [6, 6.07) is 9.60. The van der Waals surface area contributed by atoms with Gasteiger partial charge in [0.1, 0.15) is 61.9 Å². The highest BCUT2D eigenvalue weighted by Crippen LogP contribution is 2.46. The Labute approximate surface area is 403 Å². The average Bonchev–Trinajstić information content (AvgIpc) is 3.69. The second-order valence-corrected chi connectivity index (χ2v) is 18.0. The van der Waals surface area contributed by atoms with Crippen LogP contribution in [0.25, 0.3) is 0 Å². The molecule has 408 valence electrons. The van der Waals surface area contributed by atoms with Crippen LogP contribution in [0.2, 0.25) is 0 Å². The quantitative estimate of drug-likeness (QED) is 0.0323. The first kappa shape index (κ1) is 63.5. The third kappa shape index (κ3) is 19.3. The van der Waals surface area contributed by atoms with Crippen molar-refractivity contribution in [3.05, 3.63) is 70.8 Å². The molecule has 11 atom stereocenters. The van der Waals surface area contributed by atoms with Crippen molar-refractivity contribution in [2.24, 2.45) is 0 Å². The number of nitrogens with two attached hydrogens (primary N) is 1. The van der Waals surface area contributed by atoms with Gasteiger partial charge in [0.15, 0.2) is 0 Å². The van der Waals surface area contributed by atoms with Crippen LogP contribution in [-0.4, -0.2) is 182 Å². The van der Waals surface area contributed by atoms with Crippen molar-refractivity contribution in [3.63, 3.8) is 0 Å². The number of nitrogens with one attached hydrogen (secondary N) is 1. The summed E-state index contributed by atoms with van der Waals surface area (Å²) >= 11 is 0. The van der Waals surface area contributed by atoms with E-state index in [0.717, 1.165) is 0 Å². The lowest BCUT2D eigenvalue weighted by atomic mass is 9.74. The van der Waals surface area contributed by atoms with Crippen molar-refractivity contribution in [2.75, 3.05) is 59.7 Å². The molecule has 2 fully saturated rings. The first-order chi connectivity index (χ1) is 32.9. The van der Waals surface area contributed by atoms with Crippen LogP contribution >= 0.6 is 7.82 Å². The molecule has 22 nitrogen and oxygen atoms in total. The third-order valence-electron chi connectivity index (χ3n) is 11.6. The van der Waals surface area contributed by atoms with Crippen LogP contribution < -0.4 is 26.2 Å². The van der Waals surface area contributed by atoms with E-state index in [4.69, 9.17) is 50.3 Å². The Morgan fingerprint density at radius 1 is 0.831 bits per heavy atom. The minimum atomic E-state index is -5.24. The van der Waals surface area contributed by atoms with Crippen LogP contribution in [0.5, 0.6) is 0 Å². The van der Waals surface area contributed by atoms with Crippen LogP contribution in [0.4, 0.5) is 31.1 Å². The van der Waals surface area contributed by atoms with E-state index in [2.05, 4.69) is 15.6 Å². The summed E-state index contributed by atoms with van der Waals surface area (Å²) in [5, 5.41) is 93.8. The predicted molar refractivity (Wildman–Crippen MR) is 227 cm³/mol. The zero-order valence-corrected chi connectivity index (χ0v) is 39.6. The summed E-state index contributed by atoms with van der Waals surface area (Å²) in [4.78, 5) is 48.6. The molecule has 0 aromatic heterocycles. The highest BCUT2D eigenvalue weighted by atomic mass is 31.2. The van der Waals surface area contributed by atoms with Gasteiger partial charge in [-0.1, -0.05) is 30.3 Å². The van der Waals surface area contributed by atoms with Crippen molar-refractivity contribution < 1.29 is 126 Å². The highest BCUT2D eigenvalue weighted by Gasteiger charge is 2.54. The van der Waals surface area contributed by atoms with Gasteiger partial charge in [0, 0.05) is 19.4 Å². The van der Waals surface area contributed by atoms with Gasteiger partial charge < -0.3 is 95.8 Å². The molecule has 2 heterocycles. The molecule has 2 aliphatic heterocycles. The Kier molecular flexibility index (Phi) is 25.2. The maximum absolute atomic E-state index is 13.7. The molecule has 16 N–H and O–H groups in total. The number of quaternary nitrogens is 2. The summed E-state index contributed by atoms with van der Waals surface area (Å²) in [7, 11) is -3.54. The van der Waals surface area contributed by atoms with Gasteiger partial charge in [-0.05, 0) is 55.5 Å². The molecular weight excluding hydrogens is 993 g/mol. The minimum Gasteiger partial charge on any atom is -0.790 e. The second kappa shape index (κ2) is 28.1. The number of piperidine rings is 1. The standard InChI is InChI=1S/C29H33F6N2O8P.C7H17NO5.C6H15NO5/c1-19(20-14-22(28(30,31)32)16-23(15-20)29(33,34)35)44-18-27(21-6-3-2-4-7-21)11-10-26(9-8-24(38)36-26)17-37(27)25(39)43-12-5-13-45-46(40,41)42;1-8-2-4(10)6(12)7(13)5(11)3-9;7-1-3(9)5(11)6(12)4(10)2-8/h2-4,6-7,14-16,19H,5,8-13,17-18H2,1H3,(H,36,38)(H2,40,41,42);4-13H,2-3H2,1H3;3-6,8-12H,1-2,7H2/t19-,26-,27-;4-,5+,6+,7+;3-,4+,5+,6+/m100/s1. The number of aliphatic hydroxyl groups excluding tert-OH is 10. The number of benzene rings is 2. The number of aliphatic hydroxyl groups is 10. The number of likely N-dealkylation sites (N-methyl/N-ethyl adjacent to an activating group) is 1. The highest BCUT2D eigenvalue weighted by molar-refractivity contribution is 7.43. The maximum atomic E-state index is 13.7. The normalized spacial score (nSPS) is 22.3. The number of carbonyl (C=O) groups excluding carboxylic acids is 2. The van der Waals surface area contributed by atoms with E-state index in [0.29, 0.717) is 30.5 Å². The van der Waals surface area contributed by atoms with Crippen LogP contribution in [0.15, 0.2) is 48.5 Å². The number of hydrogen-bond donors (Lipinski definition) is 13. The third-order valence-corrected chi connectivity index (χ3v) is 12.1. The molecular formula is C42H65F6N4O18P. The van der Waals surface area contributed by atoms with E-state index in [-0.39, 0.29) is 69.6 Å². The number of rotatable bonds is 21. The molecule has 4 rings (SSSR count). The monoisotopic (exact) mass is 1060 g/mol. The molecule has 2 aromatic carbocycles. The van der Waals surface area contributed by atoms with Crippen LogP contribution in [0.3, 0.4) is 0 Å². The topological polar surface area (TPSA) is 387 Å². The number of likely N-dealkylation sites (tertiary alicyclic amines) is 1. The van der Waals surface area contributed by atoms with Crippen LogP contribution in [0.1, 0.15) is 67.4 Å². The first-order valence-corrected chi connectivity index (χ1v) is 23.5. The van der Waals surface area contributed by atoms with Crippen molar-refractivity contribution >= 4 is 19.8 Å². The fourth-order valence-corrected chi connectivity index (χ4v) is 7.79. The second-order valence-electron chi connectivity index (χ2n) is 16.9. The zero-order valence-electron chi connectivity index (χ0n) is 38.7. The van der Waals surface area contributed by atoms with Gasteiger partial charge in [-0.25, -0.2) is 4.79 Å². The minimum absolute atomic E-state index is 0.0217. The number of halogens is 6. The van der Waals surface area contributed by atoms with Crippen molar-refractivity contribution in [1.82, 2.24) is 10.2 Å². The van der Waals surface area contributed by atoms with Gasteiger partial charge in [0.25, 0.3) is 0 Å². The molecule has 1 spiro atoms. The molecule has 2 aliphatic rings. The fourth-order valence-electron chi connectivity index (χ4n) is 7.44. The summed E-state index contributed by atoms with van der Waals surface area (Å²) in [5.74, 6) is -0.229. The molecule has 0 aliphatic carbocycles. The summed E-state index contributed by atoms with van der Waals surface area (Å²) in [6.45, 7) is -1.13. The van der Waals surface area contributed by atoms with E-state index in [9.17, 15) is 60.5 Å². The summed E-state index contributed by atoms with van der Waals surface area (Å²) in [6.07, 6.45) is -22.6. The lowest BCUT2D eigenvalue weighted by Crippen LogP contribution is -2.83. The lowest BCUT2D eigenvalue weighted by molar-refractivity contribution is -0.635. The number of alkyl halides is 6. The number of phosphoric ester groups is 1. The number of hydrogen-bond acceptors (Lipinski definition) is 18. The molecule has 0 unspecified atom stereocenters. The molecule has 0 saturated carbocycles. The Bertz CT molecular complexity index is 1930. The largest absolute Gasteiger partial charge is 0.790 e. The van der Waals surface area contributed by atoms with E-state index in [1.54, 1.807) is 42.7 Å². The Hall–Kier alpha value is -3.65. The molecule has 2 aromatic rings. The lowest BCUT2D eigenvalue weighted by Gasteiger charge is -2.52. The number of ether oxygens (including phenoxy) is 2. The fraction of sp³-hybridized carbons (Fsp3) is 0.667. The Balaban J connectivity index is 0.000000565. The van der Waals surface area contributed by atoms with Crippen molar-refractivity contribution in [3.8, 4) is 0 Å². The SMILES string of the molecule is C[C@@H](OC[C@@]1(c2ccccc2)CC[C@]2(CCC(=O)N2)CN1C(=O)OCCCOP(=O)([O-])[O-])c1cc(C(F)(F)F)cc(C(F)(F)F)c1.C[NH2+]C[C@H](O)[C@@H](O)[C@H](O)[C@H](O)CO.[NH3+]C[C@H](O)[C@@H](O)[C@H](O)[C@H](O)CO. The van der Waals surface area contributed by atoms with Crippen LogP contribution in [-0.2, 0) is 41.2 Å². The number of amides is 2. The van der Waals surface area contributed by atoms with Gasteiger partial charge in [-0.15, -0.1) is 0 Å². The summed E-state index contributed by atoms with van der Waals surface area (Å²) < 4.78 is 107. The van der Waals surface area contributed by atoms with E-state index in [1.165, 1.54) is 11.8 Å². The molecule has 2 saturated heterocycles. The molecule has 71 heavy (non-hydrogen) atoms. The average molecular weight is 1060 g/mol. The molecule has 2 amide bonds. The van der Waals surface area contributed by atoms with Gasteiger partial charge in [-0.2, -0.15) is 26.3 Å². The number of carbonyl (C=O) groups is 2. The van der Waals surface area contributed by atoms with E-state index >= 15 is 0 Å². The smallest absolute Gasteiger partial charge is 0.416 e. The van der Waals surface area contributed by atoms with Crippen molar-refractivity contribution in [1.29, 1.82) is 0 Å². The van der Waals surface area contributed by atoms with Gasteiger partial charge >= 0.3 is 18.4 Å². The van der Waals surface area contributed by atoms with E-state index in [1.807, 2.05) is 0 Å². The molecule has 29 heteroatoms. The zero-order chi connectivity index (χ0) is 54.1. The number of nitrogens with zero attached hydrogens (tertiary/aromatic N) is 1. The van der Waals surface area contributed by atoms with Crippen molar-refractivity contribution in [2.45, 2.75) is 117 Å². The number of phosphoric acid groups is 1. The van der Waals surface area contributed by atoms with Gasteiger partial charge in [0.05, 0.1) is 76.2 Å². The molecule has 0 bridgehead atoms. The first-order valence-electron chi connectivity index (χ1n) is 22.0. The Morgan fingerprint density at radius 3 is 1.80 bits per heavy atom. The maximum Gasteiger partial charge on any atom is 0.416 e. The van der Waals surface area contributed by atoms with Gasteiger partial charge in [-0.3, -0.25) is 9.69 Å². The van der Waals surface area contributed by atoms with Gasteiger partial charge in [0.2, 0.25) is 5.91 Å². The predicted octanol–water partition coefficient (Wildman–Crippen LogP) is -3.91. The van der Waals surface area contributed by atoms with Crippen LogP contribution in [0, 0.1) is 0 Å². The van der Waals surface area contributed by atoms with E-state index < -0.39 is 123 Å². The molecule has 0 radical (unpaired) electrons.